The molecule has 1 aromatic rings. The van der Waals surface area contributed by atoms with E-state index in [-0.39, 0.29) is 0 Å². The average molecular weight is 394 g/mol. The van der Waals surface area contributed by atoms with Gasteiger partial charge >= 0.3 is 0 Å². The molecular weight excluding hydrogens is 350 g/mol. The Labute approximate surface area is 179 Å². The molecule has 0 bridgehead atoms. The van der Waals surface area contributed by atoms with E-state index in [0.717, 1.165) is 47.3 Å². The Bertz CT molecular complexity index is 725. The van der Waals surface area contributed by atoms with Crippen molar-refractivity contribution in [2.75, 3.05) is 0 Å². The van der Waals surface area contributed by atoms with Crippen LogP contribution in [0.1, 0.15) is 89.7 Å². The van der Waals surface area contributed by atoms with Gasteiger partial charge in [0.1, 0.15) is 0 Å². The number of fused-ring (bicyclic) bond motifs is 5. The van der Waals surface area contributed by atoms with Gasteiger partial charge in [0.05, 0.1) is 0 Å². The molecule has 5 rings (SSSR count). The second-order valence-electron chi connectivity index (χ2n) is 12.1. The lowest BCUT2D eigenvalue weighted by Crippen LogP contribution is -2.49. The van der Waals surface area contributed by atoms with Gasteiger partial charge in [-0.3, -0.25) is 4.98 Å². The highest BCUT2D eigenvalue weighted by molar-refractivity contribution is 5.18. The standard InChI is InChI=1S/C28H43N/c1-18-5-7-23-22(14-18)6-8-25-24(23)11-12-28(4)26(9-10-27(25)28)20(3)15-21-13-19(2)16-29-17-21/h13,16-18,20,22-27H,5-12,14-15H2,1-4H3/t18-,20+,22+,23-,24?,25+,26?,27?,28+/m0/s1. The van der Waals surface area contributed by atoms with Crippen LogP contribution in [0.15, 0.2) is 18.5 Å². The number of aromatic nitrogens is 1. The molecule has 160 valence electrons. The molecule has 29 heavy (non-hydrogen) atoms. The molecule has 0 aromatic carbocycles. The smallest absolute Gasteiger partial charge is 0.0300 e. The van der Waals surface area contributed by atoms with Gasteiger partial charge in [-0.1, -0.05) is 33.3 Å². The number of rotatable bonds is 3. The quantitative estimate of drug-likeness (QED) is 0.519. The van der Waals surface area contributed by atoms with E-state index in [4.69, 9.17) is 0 Å². The molecule has 0 radical (unpaired) electrons. The predicted octanol–water partition coefficient (Wildman–Crippen LogP) is 7.47. The number of hydrogen-bond acceptors (Lipinski definition) is 1. The van der Waals surface area contributed by atoms with E-state index in [0.29, 0.717) is 5.41 Å². The Morgan fingerprint density at radius 1 is 1.00 bits per heavy atom. The predicted molar refractivity (Wildman–Crippen MR) is 122 cm³/mol. The summed E-state index contributed by atoms with van der Waals surface area (Å²) < 4.78 is 0. The zero-order valence-corrected chi connectivity index (χ0v) is 19.4. The second kappa shape index (κ2) is 7.69. The molecule has 3 unspecified atom stereocenters. The third-order valence-electron chi connectivity index (χ3n) is 10.5. The van der Waals surface area contributed by atoms with Crippen LogP contribution in [0.4, 0.5) is 0 Å². The van der Waals surface area contributed by atoms with Crippen LogP contribution in [0.2, 0.25) is 0 Å². The SMILES string of the molecule is Cc1cncc(C[C@@H](C)C2CCC3[C@@H]4CC[C@@H]5C[C@@H](C)CC[C@@H]5C4CC[C@@]32C)c1. The van der Waals surface area contributed by atoms with Gasteiger partial charge in [-0.25, -0.2) is 0 Å². The first-order valence-corrected chi connectivity index (χ1v) is 12.9. The highest BCUT2D eigenvalue weighted by Crippen LogP contribution is 2.65. The first-order valence-electron chi connectivity index (χ1n) is 12.9. The molecule has 4 aliphatic carbocycles. The molecule has 1 heterocycles. The fourth-order valence-corrected chi connectivity index (χ4v) is 9.31. The summed E-state index contributed by atoms with van der Waals surface area (Å²) >= 11 is 0. The molecule has 4 saturated carbocycles. The fraction of sp³-hybridized carbons (Fsp3) is 0.821. The number of pyridine rings is 1. The summed E-state index contributed by atoms with van der Waals surface area (Å²) in [5.41, 5.74) is 3.37. The van der Waals surface area contributed by atoms with Crippen LogP contribution >= 0.6 is 0 Å². The third-order valence-corrected chi connectivity index (χ3v) is 10.5. The summed E-state index contributed by atoms with van der Waals surface area (Å²) in [4.78, 5) is 4.46. The monoisotopic (exact) mass is 393 g/mol. The summed E-state index contributed by atoms with van der Waals surface area (Å²) in [6.45, 7) is 9.95. The van der Waals surface area contributed by atoms with Gasteiger partial charge in [-0.2, -0.15) is 0 Å². The summed E-state index contributed by atoms with van der Waals surface area (Å²) in [6.07, 6.45) is 19.1. The number of hydrogen-bond donors (Lipinski definition) is 0. The lowest BCUT2D eigenvalue weighted by molar-refractivity contribution is -0.0727. The van der Waals surface area contributed by atoms with Crippen molar-refractivity contribution in [2.24, 2.45) is 52.8 Å². The summed E-state index contributed by atoms with van der Waals surface area (Å²) in [5, 5.41) is 0. The van der Waals surface area contributed by atoms with Gasteiger partial charge in [0, 0.05) is 12.4 Å². The molecular formula is C28H43N. The zero-order chi connectivity index (χ0) is 20.2. The Hall–Kier alpha value is -0.850. The normalized spacial score (nSPS) is 45.2. The van der Waals surface area contributed by atoms with Gasteiger partial charge in [-0.15, -0.1) is 0 Å². The van der Waals surface area contributed by atoms with Crippen molar-refractivity contribution in [1.29, 1.82) is 0 Å². The van der Waals surface area contributed by atoms with E-state index in [2.05, 4.69) is 44.9 Å². The summed E-state index contributed by atoms with van der Waals surface area (Å²) in [6, 6.07) is 2.36. The third kappa shape index (κ3) is 3.49. The second-order valence-corrected chi connectivity index (χ2v) is 12.1. The van der Waals surface area contributed by atoms with Crippen molar-refractivity contribution in [3.63, 3.8) is 0 Å². The maximum Gasteiger partial charge on any atom is 0.0300 e. The maximum absolute atomic E-state index is 4.46. The Balaban J connectivity index is 1.31. The van der Waals surface area contributed by atoms with Crippen molar-refractivity contribution in [3.05, 3.63) is 29.6 Å². The van der Waals surface area contributed by atoms with E-state index in [1.165, 1.54) is 43.2 Å². The molecule has 1 nitrogen and oxygen atoms in total. The molecule has 1 heteroatoms. The minimum Gasteiger partial charge on any atom is -0.264 e. The van der Waals surface area contributed by atoms with E-state index in [9.17, 15) is 0 Å². The van der Waals surface area contributed by atoms with Crippen molar-refractivity contribution in [1.82, 2.24) is 4.98 Å². The van der Waals surface area contributed by atoms with Crippen LogP contribution in [0.5, 0.6) is 0 Å². The van der Waals surface area contributed by atoms with E-state index in [1.54, 1.807) is 32.1 Å². The molecule has 1 aromatic heterocycles. The molecule has 0 N–H and O–H groups in total. The van der Waals surface area contributed by atoms with Crippen molar-refractivity contribution in [3.8, 4) is 0 Å². The van der Waals surface area contributed by atoms with E-state index < -0.39 is 0 Å². The fourth-order valence-electron chi connectivity index (χ4n) is 9.31. The Kier molecular flexibility index (Phi) is 5.32. The van der Waals surface area contributed by atoms with Crippen LogP contribution < -0.4 is 0 Å². The van der Waals surface area contributed by atoms with Crippen LogP contribution in [-0.4, -0.2) is 4.98 Å². The molecule has 4 aliphatic rings. The van der Waals surface area contributed by atoms with Gasteiger partial charge < -0.3 is 0 Å². The van der Waals surface area contributed by atoms with Crippen LogP contribution in [0.3, 0.4) is 0 Å². The first kappa shape index (κ1) is 20.1. The first-order chi connectivity index (χ1) is 14.0. The van der Waals surface area contributed by atoms with Crippen molar-refractivity contribution in [2.45, 2.75) is 91.9 Å². The molecule has 0 amide bonds. The largest absolute Gasteiger partial charge is 0.264 e. The van der Waals surface area contributed by atoms with E-state index >= 15 is 0 Å². The maximum atomic E-state index is 4.46. The molecule has 0 saturated heterocycles. The molecule has 9 atom stereocenters. The number of nitrogens with zero attached hydrogens (tertiary/aromatic N) is 1. The van der Waals surface area contributed by atoms with Crippen LogP contribution in [-0.2, 0) is 6.42 Å². The minimum atomic E-state index is 0.604. The van der Waals surface area contributed by atoms with Gasteiger partial charge in [-0.05, 0) is 129 Å². The zero-order valence-electron chi connectivity index (χ0n) is 19.4. The number of aryl methyl sites for hydroxylation is 1. The minimum absolute atomic E-state index is 0.604. The van der Waals surface area contributed by atoms with Crippen LogP contribution in [0.25, 0.3) is 0 Å². The highest BCUT2D eigenvalue weighted by Gasteiger charge is 2.57. The van der Waals surface area contributed by atoms with Gasteiger partial charge in [0.2, 0.25) is 0 Å². The molecule has 4 fully saturated rings. The van der Waals surface area contributed by atoms with E-state index in [1.807, 2.05) is 6.20 Å². The lowest BCUT2D eigenvalue weighted by Gasteiger charge is -2.56. The summed E-state index contributed by atoms with van der Waals surface area (Å²) in [5.74, 6) is 8.02. The van der Waals surface area contributed by atoms with Crippen molar-refractivity contribution >= 4 is 0 Å². The van der Waals surface area contributed by atoms with Crippen molar-refractivity contribution < 1.29 is 0 Å². The summed E-state index contributed by atoms with van der Waals surface area (Å²) in [7, 11) is 0. The topological polar surface area (TPSA) is 12.9 Å². The van der Waals surface area contributed by atoms with Gasteiger partial charge in [0.25, 0.3) is 0 Å². The Morgan fingerprint density at radius 2 is 1.83 bits per heavy atom. The molecule has 0 aliphatic heterocycles. The molecule has 0 spiro atoms. The van der Waals surface area contributed by atoms with Gasteiger partial charge in [0.15, 0.2) is 0 Å². The highest BCUT2D eigenvalue weighted by atomic mass is 14.6. The van der Waals surface area contributed by atoms with Crippen LogP contribution in [0, 0.1) is 59.7 Å². The average Bonchev–Trinajstić information content (AvgIpc) is 3.05. The Morgan fingerprint density at radius 3 is 2.66 bits per heavy atom. The lowest BCUT2D eigenvalue weighted by atomic mass is 9.48.